The molecule has 0 saturated heterocycles. The van der Waals surface area contributed by atoms with Gasteiger partial charge in [-0.1, -0.05) is 61.9 Å². The molecule has 4 rings (SSSR count). The highest BCUT2D eigenvalue weighted by atomic mass is 32.2. The maximum Gasteiger partial charge on any atom is 0.408 e. The second kappa shape index (κ2) is 13.4. The van der Waals surface area contributed by atoms with Crippen LogP contribution in [0.25, 0.3) is 0 Å². The first-order valence-electron chi connectivity index (χ1n) is 13.9. The second-order valence-corrected chi connectivity index (χ2v) is 12.4. The van der Waals surface area contributed by atoms with Crippen molar-refractivity contribution in [2.45, 2.75) is 69.0 Å². The first-order valence-corrected chi connectivity index (χ1v) is 15.3. The van der Waals surface area contributed by atoms with Gasteiger partial charge in [0.2, 0.25) is 15.9 Å². The smallest absolute Gasteiger partial charge is 0.408 e. The fourth-order valence-electron chi connectivity index (χ4n) is 5.56. The first kappa shape index (κ1) is 29.8. The van der Waals surface area contributed by atoms with Gasteiger partial charge in [-0.2, -0.15) is 4.31 Å². The average Bonchev–Trinajstić information content (AvgIpc) is 3.62. The number of aliphatic hydroxyl groups excluding tert-OH is 1. The molecule has 1 saturated carbocycles. The fourth-order valence-corrected chi connectivity index (χ4v) is 7.24. The van der Waals surface area contributed by atoms with Gasteiger partial charge in [-0.3, -0.25) is 4.79 Å². The van der Waals surface area contributed by atoms with Crippen molar-refractivity contribution in [1.82, 2.24) is 9.62 Å². The predicted octanol–water partition coefficient (Wildman–Crippen LogP) is 4.01. The zero-order chi connectivity index (χ0) is 28.7. The molecule has 2 aromatic rings. The fraction of sp³-hybridized carbons (Fsp3) is 0.467. The Bertz CT molecular complexity index is 1290. The lowest BCUT2D eigenvalue weighted by Crippen LogP contribution is -2.58. The molecule has 0 radical (unpaired) electrons. The normalized spacial score (nSPS) is 16.9. The number of aryl methyl sites for hydroxylation is 1. The van der Waals surface area contributed by atoms with E-state index in [1.54, 1.807) is 17.0 Å². The molecule has 216 valence electrons. The molecule has 0 bridgehead atoms. The van der Waals surface area contributed by atoms with Crippen LogP contribution in [0.15, 0.2) is 66.1 Å². The monoisotopic (exact) mass is 569 g/mol. The number of aliphatic hydroxyl groups is 1. The highest BCUT2D eigenvalue weighted by molar-refractivity contribution is 7.89. The molecule has 2 N–H and O–H groups in total. The van der Waals surface area contributed by atoms with E-state index in [9.17, 15) is 23.1 Å². The van der Waals surface area contributed by atoms with Gasteiger partial charge < -0.3 is 20.1 Å². The second-order valence-electron chi connectivity index (χ2n) is 10.5. The van der Waals surface area contributed by atoms with Gasteiger partial charge in [-0.05, 0) is 61.3 Å². The molecule has 1 aliphatic heterocycles. The summed E-state index contributed by atoms with van der Waals surface area (Å²) < 4.78 is 35.0. The summed E-state index contributed by atoms with van der Waals surface area (Å²) in [5.74, 6) is -0.0651. The van der Waals surface area contributed by atoms with Crippen molar-refractivity contribution >= 4 is 27.7 Å². The standard InChI is InChI=1S/C30H39N3O6S/c1-3-19-39-30(36)31-29(28(35)16-13-23-9-5-4-6-10-23)33(21-24-11-7-8-12-24)40(37,38)26-15-14-25-17-18-32(22(2)34)27(25)20-26/h3-6,9-10,14-15,20,24,28-29,35H,1,7-8,11-13,16-19,21H2,2H3,(H,31,36)/t28-,29?/m0/s1. The van der Waals surface area contributed by atoms with E-state index in [-0.39, 0.29) is 36.3 Å². The summed E-state index contributed by atoms with van der Waals surface area (Å²) in [6.45, 7) is 5.59. The van der Waals surface area contributed by atoms with Gasteiger partial charge in [0.15, 0.2) is 0 Å². The molecule has 2 atom stereocenters. The Balaban J connectivity index is 1.70. The van der Waals surface area contributed by atoms with Crippen molar-refractivity contribution in [1.29, 1.82) is 0 Å². The van der Waals surface area contributed by atoms with Crippen LogP contribution >= 0.6 is 0 Å². The summed E-state index contributed by atoms with van der Waals surface area (Å²) in [7, 11) is -4.21. The quantitative estimate of drug-likeness (QED) is 0.295. The summed E-state index contributed by atoms with van der Waals surface area (Å²) in [5, 5.41) is 14.1. The number of alkyl carbamates (subject to hydrolysis) is 1. The Kier molecular flexibility index (Phi) is 9.99. The summed E-state index contributed by atoms with van der Waals surface area (Å²) in [6.07, 6.45) is 3.19. The van der Waals surface area contributed by atoms with E-state index in [1.165, 1.54) is 23.4 Å². The van der Waals surface area contributed by atoms with Crippen molar-refractivity contribution < 1.29 is 27.9 Å². The molecule has 2 aliphatic rings. The number of carbonyl (C=O) groups is 2. The summed E-state index contributed by atoms with van der Waals surface area (Å²) in [5.41, 5.74) is 2.47. The average molecular weight is 570 g/mol. The van der Waals surface area contributed by atoms with Gasteiger partial charge in [0, 0.05) is 25.7 Å². The number of sulfonamides is 1. The van der Waals surface area contributed by atoms with E-state index in [1.807, 2.05) is 30.3 Å². The number of anilines is 1. The van der Waals surface area contributed by atoms with Crippen LogP contribution in [0.3, 0.4) is 0 Å². The number of ether oxygens (including phenoxy) is 1. The van der Waals surface area contributed by atoms with Crippen LogP contribution < -0.4 is 10.2 Å². The first-order chi connectivity index (χ1) is 19.2. The summed E-state index contributed by atoms with van der Waals surface area (Å²) >= 11 is 0. The van der Waals surface area contributed by atoms with Gasteiger partial charge in [0.25, 0.3) is 0 Å². The van der Waals surface area contributed by atoms with Gasteiger partial charge in [-0.15, -0.1) is 0 Å². The maximum absolute atomic E-state index is 14.3. The number of carbonyl (C=O) groups excluding carboxylic acids is 2. The number of rotatable bonds is 12. The predicted molar refractivity (Wildman–Crippen MR) is 153 cm³/mol. The van der Waals surface area contributed by atoms with Gasteiger partial charge in [0.05, 0.1) is 11.0 Å². The summed E-state index contributed by atoms with van der Waals surface area (Å²) in [4.78, 5) is 26.5. The van der Waals surface area contributed by atoms with E-state index < -0.39 is 28.4 Å². The highest BCUT2D eigenvalue weighted by Crippen LogP contribution is 2.34. The van der Waals surface area contributed by atoms with Gasteiger partial charge in [0.1, 0.15) is 12.8 Å². The molecular formula is C30H39N3O6S. The van der Waals surface area contributed by atoms with Crippen LogP contribution in [-0.2, 0) is 32.4 Å². The molecule has 9 nitrogen and oxygen atoms in total. The third kappa shape index (κ3) is 7.10. The van der Waals surface area contributed by atoms with Crippen molar-refractivity contribution in [3.05, 3.63) is 72.3 Å². The number of nitrogens with zero attached hydrogens (tertiary/aromatic N) is 2. The highest BCUT2D eigenvalue weighted by Gasteiger charge is 2.39. The van der Waals surface area contributed by atoms with Gasteiger partial charge in [-0.25, -0.2) is 13.2 Å². The Labute approximate surface area is 236 Å². The van der Waals surface area contributed by atoms with Crippen LogP contribution in [-0.4, -0.2) is 61.8 Å². The third-order valence-electron chi connectivity index (χ3n) is 7.70. The zero-order valence-corrected chi connectivity index (χ0v) is 23.8. The van der Waals surface area contributed by atoms with Crippen molar-refractivity contribution in [2.24, 2.45) is 5.92 Å². The van der Waals surface area contributed by atoms with Crippen LogP contribution in [0.2, 0.25) is 0 Å². The number of amides is 2. The van der Waals surface area contributed by atoms with E-state index in [4.69, 9.17) is 4.74 Å². The van der Waals surface area contributed by atoms with Crippen LogP contribution in [0, 0.1) is 5.92 Å². The molecular weight excluding hydrogens is 530 g/mol. The maximum atomic E-state index is 14.3. The number of hydrogen-bond acceptors (Lipinski definition) is 6. The van der Waals surface area contributed by atoms with Crippen molar-refractivity contribution in [3.63, 3.8) is 0 Å². The Morgan fingerprint density at radius 3 is 2.60 bits per heavy atom. The summed E-state index contributed by atoms with van der Waals surface area (Å²) in [6, 6.07) is 14.4. The lowest BCUT2D eigenvalue weighted by molar-refractivity contribution is -0.116. The van der Waals surface area contributed by atoms with Crippen LogP contribution in [0.5, 0.6) is 0 Å². The van der Waals surface area contributed by atoms with Crippen LogP contribution in [0.4, 0.5) is 10.5 Å². The Morgan fingerprint density at radius 2 is 1.93 bits per heavy atom. The van der Waals surface area contributed by atoms with E-state index in [2.05, 4.69) is 11.9 Å². The van der Waals surface area contributed by atoms with Crippen molar-refractivity contribution in [2.75, 3.05) is 24.6 Å². The van der Waals surface area contributed by atoms with Crippen LogP contribution in [0.1, 0.15) is 50.2 Å². The molecule has 2 aromatic carbocycles. The minimum atomic E-state index is -4.21. The molecule has 0 spiro atoms. The molecule has 1 unspecified atom stereocenters. The topological polar surface area (TPSA) is 116 Å². The minimum Gasteiger partial charge on any atom is -0.445 e. The molecule has 1 fully saturated rings. The lowest BCUT2D eigenvalue weighted by Gasteiger charge is -2.36. The molecule has 10 heteroatoms. The SMILES string of the molecule is C=CCOC(=O)NC([C@@H](O)CCc1ccccc1)N(CC1CCCC1)S(=O)(=O)c1ccc2c(c1)N(C(C)=O)CC2. The number of hydrogen-bond donors (Lipinski definition) is 2. The Morgan fingerprint density at radius 1 is 1.20 bits per heavy atom. The number of fused-ring (bicyclic) bond motifs is 1. The molecule has 40 heavy (non-hydrogen) atoms. The number of benzene rings is 2. The molecule has 1 heterocycles. The van der Waals surface area contributed by atoms with Crippen molar-refractivity contribution in [3.8, 4) is 0 Å². The zero-order valence-electron chi connectivity index (χ0n) is 23.0. The Hall–Kier alpha value is -3.21. The molecule has 1 aliphatic carbocycles. The largest absolute Gasteiger partial charge is 0.445 e. The van der Waals surface area contributed by atoms with E-state index in [0.29, 0.717) is 25.1 Å². The minimum absolute atomic E-state index is 0.0129. The van der Waals surface area contributed by atoms with E-state index in [0.717, 1.165) is 36.8 Å². The molecule has 2 amide bonds. The van der Waals surface area contributed by atoms with Gasteiger partial charge >= 0.3 is 6.09 Å². The third-order valence-corrected chi connectivity index (χ3v) is 9.54. The lowest BCUT2D eigenvalue weighted by atomic mass is 10.0. The number of nitrogens with one attached hydrogen (secondary N) is 1. The molecule has 0 aromatic heterocycles. The van der Waals surface area contributed by atoms with E-state index >= 15 is 0 Å².